The number of carbonyl (C=O) groups excluding carboxylic acids is 1. The molecular formula is C30H42O4. The number of hydrogen-bond acceptors (Lipinski definition) is 4. The van der Waals surface area contributed by atoms with Crippen LogP contribution in [0.15, 0.2) is 60.9 Å². The second-order valence-corrected chi connectivity index (χ2v) is 8.94. The lowest BCUT2D eigenvalue weighted by molar-refractivity contribution is 0.0734. The Hall–Kier alpha value is -2.75. The van der Waals surface area contributed by atoms with Gasteiger partial charge in [-0.3, -0.25) is 0 Å². The molecule has 0 bridgehead atoms. The van der Waals surface area contributed by atoms with Crippen LogP contribution in [0.2, 0.25) is 0 Å². The summed E-state index contributed by atoms with van der Waals surface area (Å²) >= 11 is 0. The maximum atomic E-state index is 12.4. The Kier molecular flexibility index (Phi) is 13.6. The summed E-state index contributed by atoms with van der Waals surface area (Å²) in [5, 5.41) is 0. The largest absolute Gasteiger partial charge is 0.494 e. The summed E-state index contributed by atoms with van der Waals surface area (Å²) in [6.07, 6.45) is 16.0. The number of esters is 1. The van der Waals surface area contributed by atoms with Crippen molar-refractivity contribution in [3.8, 4) is 17.2 Å². The van der Waals surface area contributed by atoms with Crippen LogP contribution in [0, 0.1) is 5.92 Å². The Bertz CT molecular complexity index is 824. The van der Waals surface area contributed by atoms with E-state index in [0.29, 0.717) is 23.7 Å². The Morgan fingerprint density at radius 2 is 1.47 bits per heavy atom. The van der Waals surface area contributed by atoms with Crippen LogP contribution in [0.5, 0.6) is 17.2 Å². The first-order valence-electron chi connectivity index (χ1n) is 13.0. The molecule has 186 valence electrons. The van der Waals surface area contributed by atoms with Crippen molar-refractivity contribution in [1.29, 1.82) is 0 Å². The van der Waals surface area contributed by atoms with Crippen molar-refractivity contribution in [2.45, 2.75) is 85.0 Å². The van der Waals surface area contributed by atoms with Crippen LogP contribution in [0.25, 0.3) is 0 Å². The lowest BCUT2D eigenvalue weighted by Gasteiger charge is -2.10. The first-order chi connectivity index (χ1) is 16.6. The molecule has 2 aromatic carbocycles. The minimum absolute atomic E-state index is 0.396. The van der Waals surface area contributed by atoms with Gasteiger partial charge in [0.25, 0.3) is 0 Å². The molecule has 0 unspecified atom stereocenters. The third kappa shape index (κ3) is 11.4. The van der Waals surface area contributed by atoms with Crippen LogP contribution in [0.1, 0.15) is 95.3 Å². The molecule has 0 N–H and O–H groups in total. The molecule has 0 spiro atoms. The van der Waals surface area contributed by atoms with Gasteiger partial charge in [-0.2, -0.15) is 0 Å². The highest BCUT2D eigenvalue weighted by Gasteiger charge is 2.09. The number of ether oxygens (including phenoxy) is 3. The van der Waals surface area contributed by atoms with Gasteiger partial charge in [0.2, 0.25) is 0 Å². The third-order valence-electron chi connectivity index (χ3n) is 5.96. The average molecular weight is 467 g/mol. The molecule has 1 atom stereocenters. The highest BCUT2D eigenvalue weighted by atomic mass is 16.5. The van der Waals surface area contributed by atoms with Crippen LogP contribution in [-0.2, 0) is 0 Å². The normalized spacial score (nSPS) is 12.0. The van der Waals surface area contributed by atoms with Gasteiger partial charge in [0.05, 0.1) is 18.4 Å². The zero-order valence-electron chi connectivity index (χ0n) is 21.3. The topological polar surface area (TPSA) is 44.8 Å². The Morgan fingerprint density at radius 3 is 2.18 bits per heavy atom. The maximum Gasteiger partial charge on any atom is 0.343 e. The fourth-order valence-corrected chi connectivity index (χ4v) is 3.50. The van der Waals surface area contributed by atoms with Crippen molar-refractivity contribution < 1.29 is 19.0 Å². The first kappa shape index (κ1) is 27.5. The second kappa shape index (κ2) is 16.8. The van der Waals surface area contributed by atoms with E-state index < -0.39 is 5.97 Å². The van der Waals surface area contributed by atoms with E-state index in [-0.39, 0.29) is 0 Å². The fourth-order valence-electron chi connectivity index (χ4n) is 3.50. The summed E-state index contributed by atoms with van der Waals surface area (Å²) in [5.41, 5.74) is 0.480. The van der Waals surface area contributed by atoms with Crippen LogP contribution >= 0.6 is 0 Å². The zero-order valence-corrected chi connectivity index (χ0v) is 21.3. The van der Waals surface area contributed by atoms with Gasteiger partial charge in [-0.05, 0) is 86.2 Å². The number of benzene rings is 2. The minimum atomic E-state index is -0.396. The molecule has 2 rings (SSSR count). The van der Waals surface area contributed by atoms with Gasteiger partial charge < -0.3 is 14.2 Å². The van der Waals surface area contributed by atoms with Crippen LogP contribution < -0.4 is 14.2 Å². The van der Waals surface area contributed by atoms with E-state index >= 15 is 0 Å². The quantitative estimate of drug-likeness (QED) is 0.101. The molecule has 0 fully saturated rings. The number of allylic oxidation sites excluding steroid dienone is 1. The van der Waals surface area contributed by atoms with Crippen LogP contribution in [-0.4, -0.2) is 12.6 Å². The second-order valence-electron chi connectivity index (χ2n) is 8.94. The van der Waals surface area contributed by atoms with Crippen molar-refractivity contribution in [1.82, 2.24) is 0 Å². The van der Waals surface area contributed by atoms with E-state index in [1.165, 1.54) is 51.4 Å². The van der Waals surface area contributed by atoms with E-state index in [2.05, 4.69) is 26.8 Å². The number of unbranched alkanes of at least 4 members (excludes halogenated alkanes) is 6. The molecule has 0 aromatic heterocycles. The molecule has 0 aliphatic carbocycles. The number of carbonyl (C=O) groups is 1. The highest BCUT2D eigenvalue weighted by Crippen LogP contribution is 2.20. The van der Waals surface area contributed by atoms with E-state index in [4.69, 9.17) is 14.2 Å². The number of rotatable bonds is 17. The molecule has 2 aromatic rings. The van der Waals surface area contributed by atoms with Crippen molar-refractivity contribution in [3.63, 3.8) is 0 Å². The van der Waals surface area contributed by atoms with E-state index in [1.807, 2.05) is 12.1 Å². The SMILES string of the molecule is CCCCCCCC/C=C/Oc1ccc(C(=O)Oc2ccc(OCCC[C@@H](C)CC)cc2)cc1. The summed E-state index contributed by atoms with van der Waals surface area (Å²) in [4.78, 5) is 12.4. The van der Waals surface area contributed by atoms with Gasteiger partial charge in [0.1, 0.15) is 17.2 Å². The summed E-state index contributed by atoms with van der Waals surface area (Å²) in [6.45, 7) is 7.41. The van der Waals surface area contributed by atoms with Crippen molar-refractivity contribution >= 4 is 5.97 Å². The minimum Gasteiger partial charge on any atom is -0.494 e. The number of hydrogen-bond donors (Lipinski definition) is 0. The first-order valence-corrected chi connectivity index (χ1v) is 13.0. The van der Waals surface area contributed by atoms with Gasteiger partial charge in [-0.25, -0.2) is 4.79 Å². The molecule has 0 heterocycles. The Morgan fingerprint density at radius 1 is 0.824 bits per heavy atom. The lowest BCUT2D eigenvalue weighted by atomic mass is 10.0. The fraction of sp³-hybridized carbons (Fsp3) is 0.500. The zero-order chi connectivity index (χ0) is 24.4. The van der Waals surface area contributed by atoms with Crippen molar-refractivity contribution in [2.24, 2.45) is 5.92 Å². The van der Waals surface area contributed by atoms with E-state index in [1.54, 1.807) is 42.7 Å². The summed E-state index contributed by atoms with van der Waals surface area (Å²) < 4.78 is 16.9. The summed E-state index contributed by atoms with van der Waals surface area (Å²) in [5.74, 6) is 2.32. The van der Waals surface area contributed by atoms with Crippen molar-refractivity contribution in [2.75, 3.05) is 6.61 Å². The van der Waals surface area contributed by atoms with Gasteiger partial charge in [0.15, 0.2) is 0 Å². The predicted molar refractivity (Wildman–Crippen MR) is 140 cm³/mol. The summed E-state index contributed by atoms with van der Waals surface area (Å²) in [7, 11) is 0. The Balaban J connectivity index is 1.68. The van der Waals surface area contributed by atoms with Crippen LogP contribution in [0.3, 0.4) is 0 Å². The molecule has 0 saturated heterocycles. The standard InChI is InChI=1S/C30H42O4/c1-4-6-7-8-9-10-11-12-23-32-27-17-15-26(16-18-27)30(31)34-29-21-19-28(20-22-29)33-24-13-14-25(3)5-2/h12,15-23,25H,4-11,13-14,24H2,1-3H3/b23-12+/t25-/m0/s1. The molecule has 0 aliphatic heterocycles. The van der Waals surface area contributed by atoms with E-state index in [0.717, 1.165) is 24.5 Å². The smallest absolute Gasteiger partial charge is 0.343 e. The molecule has 0 radical (unpaired) electrons. The van der Waals surface area contributed by atoms with Crippen LogP contribution in [0.4, 0.5) is 0 Å². The van der Waals surface area contributed by atoms with Gasteiger partial charge in [0, 0.05) is 0 Å². The van der Waals surface area contributed by atoms with Crippen molar-refractivity contribution in [3.05, 3.63) is 66.4 Å². The monoisotopic (exact) mass is 466 g/mol. The van der Waals surface area contributed by atoms with Gasteiger partial charge in [-0.15, -0.1) is 0 Å². The predicted octanol–water partition coefficient (Wildman–Crippen LogP) is 8.75. The van der Waals surface area contributed by atoms with Gasteiger partial charge in [-0.1, -0.05) is 59.3 Å². The van der Waals surface area contributed by atoms with Gasteiger partial charge >= 0.3 is 5.97 Å². The average Bonchev–Trinajstić information content (AvgIpc) is 2.86. The molecule has 0 amide bonds. The highest BCUT2D eigenvalue weighted by molar-refractivity contribution is 5.91. The Labute approximate surface area is 206 Å². The molecule has 4 heteroatoms. The molecule has 0 saturated carbocycles. The summed E-state index contributed by atoms with van der Waals surface area (Å²) in [6, 6.07) is 14.2. The molecule has 0 aliphatic rings. The lowest BCUT2D eigenvalue weighted by Crippen LogP contribution is -2.08. The third-order valence-corrected chi connectivity index (χ3v) is 5.96. The van der Waals surface area contributed by atoms with E-state index in [9.17, 15) is 4.79 Å². The molecular weight excluding hydrogens is 424 g/mol. The molecule has 34 heavy (non-hydrogen) atoms. The molecule has 4 nitrogen and oxygen atoms in total. The maximum absolute atomic E-state index is 12.4.